The van der Waals surface area contributed by atoms with Crippen molar-refractivity contribution in [2.24, 2.45) is 5.92 Å². The zero-order chi connectivity index (χ0) is 33.2. The normalized spacial score (nSPS) is 28.4. The van der Waals surface area contributed by atoms with Crippen LogP contribution in [0.3, 0.4) is 0 Å². The molecule has 2 N–H and O–H groups in total. The molecular weight excluding hydrogens is 647 g/mol. The maximum atomic E-state index is 13.3. The first-order chi connectivity index (χ1) is 23.2. The SMILES string of the molecule is Cc1ccc2c3c1OC1[C@H](OC(=O)CCCC(=O)Cc4ccccc4Nc4c(Cl)cccc4Cl)CC[C@@]4(O)[C@@H](C2)N(CC2CC2)CC[C@]314. The van der Waals surface area contributed by atoms with Gasteiger partial charge in [0.1, 0.15) is 23.7 Å². The molecule has 0 aromatic heterocycles. The summed E-state index contributed by atoms with van der Waals surface area (Å²) in [7, 11) is 0. The second-order valence-corrected chi connectivity index (χ2v) is 15.4. The highest BCUT2D eigenvalue weighted by Gasteiger charge is 2.73. The first kappa shape index (κ1) is 32.1. The lowest BCUT2D eigenvalue weighted by molar-refractivity contribution is -0.216. The van der Waals surface area contributed by atoms with Crippen LogP contribution in [-0.4, -0.2) is 58.7 Å². The number of hydrogen-bond acceptors (Lipinski definition) is 7. The van der Waals surface area contributed by atoms with Gasteiger partial charge in [0, 0.05) is 43.1 Å². The molecule has 1 saturated heterocycles. The number of carbonyl (C=O) groups is 2. The molecule has 3 aromatic carbocycles. The standard InChI is InChI=1S/C39H42Cl2N2O5/c1-23-12-15-26-21-32-39(46)17-16-31(37-38(39,34(26)36(23)48-37)18-19-43(32)22-24-13-14-24)47-33(45)11-4-7-27(44)20-25-6-2-3-10-30(25)42-35-28(40)8-5-9-29(35)41/h2-3,5-6,8-10,12,15,24,31-32,37,42,46H,4,7,11,13-14,16-22H2,1H3/t31-,32-,37?,38+,39-/m1/s1. The topological polar surface area (TPSA) is 88.1 Å². The number of piperidine rings is 1. The zero-order valence-electron chi connectivity index (χ0n) is 27.3. The summed E-state index contributed by atoms with van der Waals surface area (Å²) in [6, 6.07) is 17.3. The van der Waals surface area contributed by atoms with Crippen molar-refractivity contribution < 1.29 is 24.2 Å². The molecule has 252 valence electrons. The van der Waals surface area contributed by atoms with Crippen LogP contribution in [0.2, 0.25) is 10.0 Å². The number of Topliss-reactive ketones (excluding diaryl/α,β-unsaturated/α-hetero) is 1. The van der Waals surface area contributed by atoms with Gasteiger partial charge in [-0.1, -0.05) is 59.6 Å². The predicted octanol–water partition coefficient (Wildman–Crippen LogP) is 7.50. The van der Waals surface area contributed by atoms with Crippen LogP contribution in [0.4, 0.5) is 11.4 Å². The van der Waals surface area contributed by atoms with Crippen molar-refractivity contribution in [2.75, 3.05) is 18.4 Å². The Balaban J connectivity index is 0.921. The number of esters is 1. The predicted molar refractivity (Wildman–Crippen MR) is 186 cm³/mol. The van der Waals surface area contributed by atoms with Crippen LogP contribution in [0.25, 0.3) is 0 Å². The number of aryl methyl sites for hydroxylation is 1. The Kier molecular flexibility index (Phi) is 8.26. The molecule has 0 amide bonds. The van der Waals surface area contributed by atoms with E-state index in [1.54, 1.807) is 18.2 Å². The van der Waals surface area contributed by atoms with Gasteiger partial charge < -0.3 is 19.9 Å². The quantitative estimate of drug-likeness (QED) is 0.202. The van der Waals surface area contributed by atoms with Gasteiger partial charge in [-0.15, -0.1) is 0 Å². The van der Waals surface area contributed by atoms with Crippen molar-refractivity contribution in [3.8, 4) is 5.75 Å². The van der Waals surface area contributed by atoms with E-state index >= 15 is 0 Å². The van der Waals surface area contributed by atoms with Crippen LogP contribution in [0, 0.1) is 12.8 Å². The molecule has 2 saturated carbocycles. The molecule has 3 fully saturated rings. The minimum Gasteiger partial charge on any atom is -0.485 e. The Hall–Kier alpha value is -3.10. The third-order valence-electron chi connectivity index (χ3n) is 11.7. The third-order valence-corrected chi connectivity index (χ3v) is 12.3. The molecule has 9 heteroatoms. The molecule has 48 heavy (non-hydrogen) atoms. The van der Waals surface area contributed by atoms with Gasteiger partial charge in [-0.2, -0.15) is 0 Å². The number of aliphatic hydroxyl groups is 1. The van der Waals surface area contributed by atoms with E-state index in [0.29, 0.717) is 35.0 Å². The average molecular weight is 690 g/mol. The Morgan fingerprint density at radius 1 is 1.02 bits per heavy atom. The summed E-state index contributed by atoms with van der Waals surface area (Å²) in [6.45, 7) is 4.04. The van der Waals surface area contributed by atoms with E-state index in [1.807, 2.05) is 24.3 Å². The summed E-state index contributed by atoms with van der Waals surface area (Å²) in [5, 5.41) is 17.0. The van der Waals surface area contributed by atoms with E-state index in [9.17, 15) is 14.7 Å². The van der Waals surface area contributed by atoms with Gasteiger partial charge in [0.25, 0.3) is 0 Å². The number of para-hydroxylation sites is 2. The highest BCUT2D eigenvalue weighted by Crippen LogP contribution is 2.65. The van der Waals surface area contributed by atoms with Gasteiger partial charge in [0.2, 0.25) is 0 Å². The largest absolute Gasteiger partial charge is 0.485 e. The van der Waals surface area contributed by atoms with Crippen molar-refractivity contribution in [3.05, 3.63) is 86.9 Å². The second kappa shape index (κ2) is 12.3. The van der Waals surface area contributed by atoms with Crippen LogP contribution in [0.5, 0.6) is 5.75 Å². The first-order valence-electron chi connectivity index (χ1n) is 17.4. The van der Waals surface area contributed by atoms with Crippen LogP contribution >= 0.6 is 23.2 Å². The number of benzene rings is 3. The van der Waals surface area contributed by atoms with E-state index in [1.165, 1.54) is 18.4 Å². The van der Waals surface area contributed by atoms with Gasteiger partial charge in [0.15, 0.2) is 0 Å². The second-order valence-electron chi connectivity index (χ2n) is 14.6. The summed E-state index contributed by atoms with van der Waals surface area (Å²) in [6.07, 6.45) is 5.49. The fourth-order valence-corrected chi connectivity index (χ4v) is 9.70. The van der Waals surface area contributed by atoms with Crippen LogP contribution < -0.4 is 10.1 Å². The minimum atomic E-state index is -0.922. The summed E-state index contributed by atoms with van der Waals surface area (Å²) >= 11 is 12.7. The fourth-order valence-electron chi connectivity index (χ4n) is 9.21. The number of halogens is 2. The van der Waals surface area contributed by atoms with Crippen LogP contribution in [0.15, 0.2) is 54.6 Å². The number of carbonyl (C=O) groups excluding carboxylic acids is 2. The molecule has 1 spiro atoms. The number of ether oxygens (including phenoxy) is 2. The van der Waals surface area contributed by atoms with Gasteiger partial charge in [-0.3, -0.25) is 14.5 Å². The van der Waals surface area contributed by atoms with Crippen molar-refractivity contribution in [1.82, 2.24) is 4.90 Å². The average Bonchev–Trinajstić information content (AvgIpc) is 3.80. The van der Waals surface area contributed by atoms with Crippen molar-refractivity contribution in [2.45, 2.75) is 100 Å². The summed E-state index contributed by atoms with van der Waals surface area (Å²) < 4.78 is 13.0. The molecular formula is C39H42Cl2N2O5. The van der Waals surface area contributed by atoms with Crippen LogP contribution in [0.1, 0.15) is 73.6 Å². The number of rotatable bonds is 11. The number of nitrogens with one attached hydrogen (secondary N) is 1. The Bertz CT molecular complexity index is 1760. The molecule has 8 rings (SSSR count). The van der Waals surface area contributed by atoms with Gasteiger partial charge >= 0.3 is 5.97 Å². The highest BCUT2D eigenvalue weighted by atomic mass is 35.5. The van der Waals surface area contributed by atoms with Gasteiger partial charge in [-0.05, 0) is 99.2 Å². The lowest BCUT2D eigenvalue weighted by atomic mass is 9.48. The lowest BCUT2D eigenvalue weighted by Gasteiger charge is -2.64. The smallest absolute Gasteiger partial charge is 0.306 e. The number of likely N-dealkylation sites (tertiary alicyclic amines) is 1. The number of anilines is 2. The van der Waals surface area contributed by atoms with E-state index in [-0.39, 0.29) is 37.1 Å². The first-order valence-corrected chi connectivity index (χ1v) is 18.2. The summed E-state index contributed by atoms with van der Waals surface area (Å²) in [4.78, 5) is 28.9. The van der Waals surface area contributed by atoms with Crippen molar-refractivity contribution in [3.63, 3.8) is 0 Å². The maximum absolute atomic E-state index is 13.3. The van der Waals surface area contributed by atoms with Crippen LogP contribution in [-0.2, 0) is 32.6 Å². The molecule has 2 aliphatic heterocycles. The van der Waals surface area contributed by atoms with E-state index in [2.05, 4.69) is 29.3 Å². The van der Waals surface area contributed by atoms with E-state index < -0.39 is 23.2 Å². The van der Waals surface area contributed by atoms with Crippen molar-refractivity contribution in [1.29, 1.82) is 0 Å². The lowest BCUT2D eigenvalue weighted by Crippen LogP contribution is -2.77. The highest BCUT2D eigenvalue weighted by molar-refractivity contribution is 6.39. The van der Waals surface area contributed by atoms with Crippen molar-refractivity contribution >= 4 is 46.3 Å². The molecule has 5 atom stereocenters. The number of ketones is 1. The van der Waals surface area contributed by atoms with Gasteiger partial charge in [0.05, 0.1) is 26.7 Å². The number of hydrogen-bond donors (Lipinski definition) is 2. The molecule has 7 nitrogen and oxygen atoms in total. The Morgan fingerprint density at radius 3 is 2.60 bits per heavy atom. The maximum Gasteiger partial charge on any atom is 0.306 e. The summed E-state index contributed by atoms with van der Waals surface area (Å²) in [5.74, 6) is 1.34. The Labute approximate surface area is 291 Å². The van der Waals surface area contributed by atoms with E-state index in [0.717, 1.165) is 60.0 Å². The molecule has 0 radical (unpaired) electrons. The molecule has 3 aromatic rings. The van der Waals surface area contributed by atoms with Gasteiger partial charge in [-0.25, -0.2) is 0 Å². The van der Waals surface area contributed by atoms with E-state index in [4.69, 9.17) is 32.7 Å². The zero-order valence-corrected chi connectivity index (χ0v) is 28.8. The molecule has 1 unspecified atom stereocenters. The Morgan fingerprint density at radius 2 is 1.81 bits per heavy atom. The monoisotopic (exact) mass is 688 g/mol. The molecule has 3 aliphatic carbocycles. The number of nitrogens with zero attached hydrogens (tertiary/aromatic N) is 1. The third kappa shape index (κ3) is 5.33. The fraction of sp³-hybridized carbons (Fsp3) is 0.487. The molecule has 5 aliphatic rings. The minimum absolute atomic E-state index is 0.0349. The molecule has 2 bridgehead atoms. The molecule has 2 heterocycles. The summed E-state index contributed by atoms with van der Waals surface area (Å²) in [5.41, 5.74) is 4.18.